The van der Waals surface area contributed by atoms with Gasteiger partial charge in [0.15, 0.2) is 5.76 Å². The predicted octanol–water partition coefficient (Wildman–Crippen LogP) is 0.235. The molecule has 0 saturated carbocycles. The van der Waals surface area contributed by atoms with Gasteiger partial charge >= 0.3 is 6.03 Å². The Balaban J connectivity index is 1.50. The van der Waals surface area contributed by atoms with Gasteiger partial charge in [-0.25, -0.2) is 13.2 Å². The van der Waals surface area contributed by atoms with Gasteiger partial charge in [-0.3, -0.25) is 14.5 Å². The minimum absolute atomic E-state index is 0.0822. The molecule has 11 nitrogen and oxygen atoms in total. The lowest BCUT2D eigenvalue weighted by molar-refractivity contribution is -0.133. The summed E-state index contributed by atoms with van der Waals surface area (Å²) >= 11 is 0. The number of piperazine rings is 1. The van der Waals surface area contributed by atoms with Crippen LogP contribution in [-0.4, -0.2) is 83.8 Å². The van der Waals surface area contributed by atoms with Crippen molar-refractivity contribution < 1.29 is 27.3 Å². The second-order valence-electron chi connectivity index (χ2n) is 8.05. The van der Waals surface area contributed by atoms with Crippen molar-refractivity contribution in [1.82, 2.24) is 24.6 Å². The second kappa shape index (κ2) is 7.99. The number of amides is 4. The summed E-state index contributed by atoms with van der Waals surface area (Å²) in [5.74, 6) is -0.191. The van der Waals surface area contributed by atoms with Gasteiger partial charge in [-0.1, -0.05) is 5.16 Å². The summed E-state index contributed by atoms with van der Waals surface area (Å²) in [6, 6.07) is -0.449. The van der Waals surface area contributed by atoms with Gasteiger partial charge in [0.25, 0.3) is 5.91 Å². The third-order valence-corrected chi connectivity index (χ3v) is 7.52. The number of hydrogen-bond donors (Lipinski definition) is 1. The smallest absolute Gasteiger partial charge is 0.325 e. The van der Waals surface area contributed by atoms with Crippen LogP contribution in [0.3, 0.4) is 0 Å². The third kappa shape index (κ3) is 4.06. The number of carbonyl (C=O) groups is 3. The van der Waals surface area contributed by atoms with E-state index < -0.39 is 21.6 Å². The van der Waals surface area contributed by atoms with Gasteiger partial charge in [-0.2, -0.15) is 4.31 Å². The van der Waals surface area contributed by atoms with Crippen molar-refractivity contribution in [2.75, 3.05) is 32.7 Å². The number of hydrogen-bond acceptors (Lipinski definition) is 7. The zero-order valence-electron chi connectivity index (χ0n) is 17.6. The molecule has 1 N–H and O–H groups in total. The molecule has 1 aromatic heterocycles. The number of urea groups is 1. The molecule has 2 saturated heterocycles. The van der Waals surface area contributed by atoms with E-state index in [0.717, 1.165) is 4.90 Å². The maximum atomic E-state index is 12.8. The van der Waals surface area contributed by atoms with Crippen molar-refractivity contribution >= 4 is 27.9 Å². The van der Waals surface area contributed by atoms with E-state index in [1.54, 1.807) is 32.6 Å². The van der Waals surface area contributed by atoms with Crippen molar-refractivity contribution in [3.8, 4) is 0 Å². The Morgan fingerprint density at radius 2 is 1.80 bits per heavy atom. The zero-order valence-corrected chi connectivity index (χ0v) is 18.4. The van der Waals surface area contributed by atoms with E-state index >= 15 is 0 Å². The number of aryl methyl sites for hydroxylation is 2. The largest absolute Gasteiger partial charge is 0.360 e. The van der Waals surface area contributed by atoms with Gasteiger partial charge in [0, 0.05) is 39.1 Å². The van der Waals surface area contributed by atoms with Crippen LogP contribution in [0.5, 0.6) is 0 Å². The van der Waals surface area contributed by atoms with Crippen molar-refractivity contribution in [2.45, 2.75) is 51.0 Å². The summed E-state index contributed by atoms with van der Waals surface area (Å²) in [7, 11) is -3.73. The maximum absolute atomic E-state index is 12.8. The molecule has 0 radical (unpaired) electrons. The van der Waals surface area contributed by atoms with E-state index in [4.69, 9.17) is 4.52 Å². The third-order valence-electron chi connectivity index (χ3n) is 5.37. The van der Waals surface area contributed by atoms with Crippen LogP contribution in [0.1, 0.15) is 38.1 Å². The molecule has 0 atom stereocenters. The zero-order chi connectivity index (χ0) is 22.3. The first-order chi connectivity index (χ1) is 13.9. The highest BCUT2D eigenvalue weighted by molar-refractivity contribution is 7.89. The average Bonchev–Trinajstić information content (AvgIpc) is 3.11. The normalized spacial score (nSPS) is 20.0. The van der Waals surface area contributed by atoms with Crippen LogP contribution in [0.15, 0.2) is 9.42 Å². The van der Waals surface area contributed by atoms with Crippen molar-refractivity contribution in [1.29, 1.82) is 0 Å². The highest BCUT2D eigenvalue weighted by Gasteiger charge is 2.43. The molecule has 0 spiro atoms. The number of rotatable bonds is 6. The number of carbonyl (C=O) groups excluding carboxylic acids is 3. The lowest BCUT2D eigenvalue weighted by atomic mass is 10.1. The first kappa shape index (κ1) is 22.2. The number of sulfonamides is 1. The van der Waals surface area contributed by atoms with Crippen molar-refractivity contribution in [2.24, 2.45) is 0 Å². The van der Waals surface area contributed by atoms with Gasteiger partial charge in [0.1, 0.15) is 16.1 Å². The second-order valence-corrected chi connectivity index (χ2v) is 9.93. The number of imide groups is 1. The molecule has 0 unspecified atom stereocenters. The Kier molecular flexibility index (Phi) is 5.92. The highest BCUT2D eigenvalue weighted by atomic mass is 32.2. The Hall–Kier alpha value is -2.47. The summed E-state index contributed by atoms with van der Waals surface area (Å²) in [6.07, 6.45) is 0.528. The molecule has 0 aromatic carbocycles. The fourth-order valence-electron chi connectivity index (χ4n) is 3.72. The molecule has 0 bridgehead atoms. The van der Waals surface area contributed by atoms with Gasteiger partial charge in [0.2, 0.25) is 15.9 Å². The van der Waals surface area contributed by atoms with Gasteiger partial charge < -0.3 is 14.7 Å². The van der Waals surface area contributed by atoms with Gasteiger partial charge in [-0.15, -0.1) is 0 Å². The van der Waals surface area contributed by atoms with Crippen LogP contribution >= 0.6 is 0 Å². The molecule has 1 aromatic rings. The standard InChI is InChI=1S/C18H27N5O6S/c1-12-15(13(2)29-20-12)30(27,28)22-10-8-21(9-11-22)14(24)6-5-7-23-16(25)18(3,4)19-17(23)26/h5-11H2,1-4H3,(H,19,26). The summed E-state index contributed by atoms with van der Waals surface area (Å²) in [4.78, 5) is 39.3. The number of nitrogens with zero attached hydrogens (tertiary/aromatic N) is 4. The quantitative estimate of drug-likeness (QED) is 0.625. The Labute approximate surface area is 175 Å². The molecule has 12 heteroatoms. The monoisotopic (exact) mass is 441 g/mol. The lowest BCUT2D eigenvalue weighted by Crippen LogP contribution is -2.50. The first-order valence-corrected chi connectivity index (χ1v) is 11.2. The maximum Gasteiger partial charge on any atom is 0.325 e. The molecular formula is C18H27N5O6S. The Morgan fingerprint density at radius 3 is 2.30 bits per heavy atom. The van der Waals surface area contributed by atoms with Crippen LogP contribution in [0.25, 0.3) is 0 Å². The predicted molar refractivity (Wildman–Crippen MR) is 105 cm³/mol. The fraction of sp³-hybridized carbons (Fsp3) is 0.667. The van der Waals surface area contributed by atoms with E-state index in [2.05, 4.69) is 10.5 Å². The van der Waals surface area contributed by atoms with Gasteiger partial charge in [-0.05, 0) is 34.1 Å². The summed E-state index contributed by atoms with van der Waals surface area (Å²) in [5.41, 5.74) is -0.612. The van der Waals surface area contributed by atoms with Crippen LogP contribution in [0.4, 0.5) is 4.79 Å². The van der Waals surface area contributed by atoms with Crippen LogP contribution in [0.2, 0.25) is 0 Å². The minimum atomic E-state index is -3.73. The van der Waals surface area contributed by atoms with Gasteiger partial charge in [0.05, 0.1) is 0 Å². The van der Waals surface area contributed by atoms with Crippen LogP contribution < -0.4 is 5.32 Å². The minimum Gasteiger partial charge on any atom is -0.360 e. The van der Waals surface area contributed by atoms with Crippen molar-refractivity contribution in [3.05, 3.63) is 11.5 Å². The molecule has 0 aliphatic carbocycles. The molecule has 2 fully saturated rings. The summed E-state index contributed by atoms with van der Waals surface area (Å²) in [6.45, 7) is 7.48. The molecule has 3 heterocycles. The molecular weight excluding hydrogens is 414 g/mol. The molecule has 3 rings (SSSR count). The Morgan fingerprint density at radius 1 is 1.17 bits per heavy atom. The molecule has 2 aliphatic rings. The summed E-state index contributed by atoms with van der Waals surface area (Å²) < 4.78 is 32.0. The van der Waals surface area contributed by atoms with E-state index in [1.807, 2.05) is 0 Å². The first-order valence-electron chi connectivity index (χ1n) is 9.80. The Bertz CT molecular complexity index is 942. The van der Waals surface area contributed by atoms with E-state index in [9.17, 15) is 22.8 Å². The lowest BCUT2D eigenvalue weighted by Gasteiger charge is -2.34. The highest BCUT2D eigenvalue weighted by Crippen LogP contribution is 2.24. The van der Waals surface area contributed by atoms with E-state index in [-0.39, 0.29) is 61.6 Å². The van der Waals surface area contributed by atoms with E-state index in [0.29, 0.717) is 12.1 Å². The summed E-state index contributed by atoms with van der Waals surface area (Å²) in [5, 5.41) is 6.31. The topological polar surface area (TPSA) is 133 Å². The molecule has 30 heavy (non-hydrogen) atoms. The SMILES string of the molecule is Cc1noc(C)c1S(=O)(=O)N1CCN(C(=O)CCCN2C(=O)NC(C)(C)C2=O)CC1. The van der Waals surface area contributed by atoms with Crippen molar-refractivity contribution in [3.63, 3.8) is 0 Å². The van der Waals surface area contributed by atoms with Crippen LogP contribution in [-0.2, 0) is 19.6 Å². The van der Waals surface area contributed by atoms with E-state index in [1.165, 1.54) is 4.31 Å². The molecule has 166 valence electrons. The number of nitrogens with one attached hydrogen (secondary N) is 1. The molecule has 2 aliphatic heterocycles. The van der Waals surface area contributed by atoms with Crippen LogP contribution in [0, 0.1) is 13.8 Å². The average molecular weight is 442 g/mol. The molecule has 4 amide bonds. The number of aromatic nitrogens is 1. The fourth-order valence-corrected chi connectivity index (χ4v) is 5.43.